The molecule has 0 amide bonds. The van der Waals surface area contributed by atoms with Crippen LogP contribution in [0.5, 0.6) is 0 Å². The molecule has 1 rings (SSSR count). The van der Waals surface area contributed by atoms with Gasteiger partial charge in [-0.15, -0.1) is 0 Å². The molecule has 0 aliphatic heterocycles. The third kappa shape index (κ3) is 3.79. The number of hydrogen-bond donors (Lipinski definition) is 1. The molecule has 0 spiro atoms. The summed E-state index contributed by atoms with van der Waals surface area (Å²) in [5.41, 5.74) is 2.74. The van der Waals surface area contributed by atoms with Crippen molar-refractivity contribution in [3.05, 3.63) is 34.6 Å². The highest BCUT2D eigenvalue weighted by molar-refractivity contribution is 5.34. The van der Waals surface area contributed by atoms with Gasteiger partial charge in [0.1, 0.15) is 5.82 Å². The number of nitrogens with one attached hydrogen (secondary N) is 1. The summed E-state index contributed by atoms with van der Waals surface area (Å²) in [4.78, 5) is 0. The number of benzene rings is 1. The Bertz CT molecular complexity index is 342. The quantitative estimate of drug-likeness (QED) is 0.823. The van der Waals surface area contributed by atoms with Gasteiger partial charge in [-0.2, -0.15) is 0 Å². The van der Waals surface area contributed by atoms with E-state index in [-0.39, 0.29) is 11.9 Å². The monoisotopic (exact) mass is 239 g/mol. The van der Waals surface area contributed by atoms with Crippen LogP contribution in [-0.2, 0) is 4.74 Å². The van der Waals surface area contributed by atoms with Crippen molar-refractivity contribution in [1.82, 2.24) is 5.32 Å². The van der Waals surface area contributed by atoms with Crippen LogP contribution in [0.2, 0.25) is 0 Å². The van der Waals surface area contributed by atoms with Crippen molar-refractivity contribution in [3.8, 4) is 0 Å². The van der Waals surface area contributed by atoms with Crippen molar-refractivity contribution >= 4 is 0 Å². The van der Waals surface area contributed by atoms with Crippen LogP contribution in [0.4, 0.5) is 4.39 Å². The molecule has 17 heavy (non-hydrogen) atoms. The highest BCUT2D eigenvalue weighted by atomic mass is 19.1. The fraction of sp³-hybridized carbons (Fsp3) is 0.571. The lowest BCUT2D eigenvalue weighted by atomic mass is 9.96. The van der Waals surface area contributed by atoms with Gasteiger partial charge in [0, 0.05) is 25.3 Å². The molecule has 1 unspecified atom stereocenters. The van der Waals surface area contributed by atoms with E-state index in [0.717, 1.165) is 29.7 Å². The summed E-state index contributed by atoms with van der Waals surface area (Å²) in [6.07, 6.45) is 0.783. The normalized spacial score (nSPS) is 12.8. The van der Waals surface area contributed by atoms with Crippen molar-refractivity contribution in [2.45, 2.75) is 33.2 Å². The molecule has 1 N–H and O–H groups in total. The Morgan fingerprint density at radius 3 is 2.59 bits per heavy atom. The van der Waals surface area contributed by atoms with Crippen LogP contribution in [-0.4, -0.2) is 20.3 Å². The van der Waals surface area contributed by atoms with E-state index in [2.05, 4.69) is 5.32 Å². The van der Waals surface area contributed by atoms with Crippen molar-refractivity contribution in [2.75, 3.05) is 20.3 Å². The summed E-state index contributed by atoms with van der Waals surface area (Å²) < 4.78 is 19.1. The summed E-state index contributed by atoms with van der Waals surface area (Å²) in [5, 5.41) is 3.31. The lowest BCUT2D eigenvalue weighted by Crippen LogP contribution is -2.24. The third-order valence-corrected chi connectivity index (χ3v) is 2.89. The lowest BCUT2D eigenvalue weighted by Gasteiger charge is -2.21. The molecule has 1 aromatic carbocycles. The van der Waals surface area contributed by atoms with E-state index in [0.29, 0.717) is 6.61 Å². The van der Waals surface area contributed by atoms with Gasteiger partial charge in [-0.05, 0) is 44.0 Å². The van der Waals surface area contributed by atoms with E-state index in [9.17, 15) is 4.39 Å². The number of methoxy groups -OCH3 is 1. The second-order valence-corrected chi connectivity index (χ2v) is 4.37. The molecule has 0 saturated heterocycles. The van der Waals surface area contributed by atoms with Gasteiger partial charge in [-0.1, -0.05) is 13.0 Å². The van der Waals surface area contributed by atoms with E-state index >= 15 is 0 Å². The first-order valence-electron chi connectivity index (χ1n) is 6.09. The largest absolute Gasteiger partial charge is 0.385 e. The second kappa shape index (κ2) is 6.72. The van der Waals surface area contributed by atoms with Crippen molar-refractivity contribution in [1.29, 1.82) is 0 Å². The molecule has 1 atom stereocenters. The molecular weight excluding hydrogens is 217 g/mol. The Labute approximate surface area is 103 Å². The highest BCUT2D eigenvalue weighted by Gasteiger charge is 2.17. The minimum Gasteiger partial charge on any atom is -0.385 e. The Morgan fingerprint density at radius 2 is 2.06 bits per heavy atom. The molecule has 0 radical (unpaired) electrons. The Balaban J connectivity index is 3.00. The number of ether oxygens (including phenoxy) is 1. The van der Waals surface area contributed by atoms with Gasteiger partial charge in [0.05, 0.1) is 0 Å². The zero-order valence-corrected chi connectivity index (χ0v) is 11.1. The predicted molar refractivity (Wildman–Crippen MR) is 68.8 cm³/mol. The number of rotatable bonds is 6. The van der Waals surface area contributed by atoms with Crippen LogP contribution >= 0.6 is 0 Å². The second-order valence-electron chi connectivity index (χ2n) is 4.37. The molecule has 0 bridgehead atoms. The lowest BCUT2D eigenvalue weighted by molar-refractivity contribution is 0.182. The van der Waals surface area contributed by atoms with E-state index < -0.39 is 0 Å². The summed E-state index contributed by atoms with van der Waals surface area (Å²) in [5.74, 6) is -0.121. The van der Waals surface area contributed by atoms with Crippen LogP contribution in [0.1, 0.15) is 36.1 Å². The average Bonchev–Trinajstić information content (AvgIpc) is 2.24. The Hall–Kier alpha value is -0.930. The maximum Gasteiger partial charge on any atom is 0.128 e. The molecule has 0 aromatic heterocycles. The molecule has 1 aromatic rings. The molecule has 0 heterocycles. The maximum atomic E-state index is 14.0. The summed E-state index contributed by atoms with van der Waals surface area (Å²) >= 11 is 0. The maximum absolute atomic E-state index is 14.0. The van der Waals surface area contributed by atoms with Gasteiger partial charge >= 0.3 is 0 Å². The molecule has 0 saturated carbocycles. The fourth-order valence-electron chi connectivity index (χ4n) is 2.20. The first-order valence-corrected chi connectivity index (χ1v) is 6.09. The van der Waals surface area contributed by atoms with E-state index in [1.54, 1.807) is 13.2 Å². The average molecular weight is 239 g/mol. The minimum atomic E-state index is -0.121. The molecule has 3 heteroatoms. The Kier molecular flexibility index (Phi) is 5.59. The van der Waals surface area contributed by atoms with Crippen molar-refractivity contribution in [2.24, 2.45) is 0 Å². The van der Waals surface area contributed by atoms with E-state index in [4.69, 9.17) is 4.74 Å². The van der Waals surface area contributed by atoms with Gasteiger partial charge in [0.2, 0.25) is 0 Å². The van der Waals surface area contributed by atoms with Crippen LogP contribution in [0.15, 0.2) is 12.1 Å². The zero-order chi connectivity index (χ0) is 12.8. The van der Waals surface area contributed by atoms with Crippen LogP contribution in [0.25, 0.3) is 0 Å². The van der Waals surface area contributed by atoms with Gasteiger partial charge in [-0.3, -0.25) is 0 Å². The first kappa shape index (κ1) is 14.1. The molecular formula is C14H22FNO. The van der Waals surface area contributed by atoms with Crippen LogP contribution in [0, 0.1) is 19.7 Å². The predicted octanol–water partition coefficient (Wildman–Crippen LogP) is 3.13. The standard InChI is InChI=1S/C14H22FNO/c1-5-16-13(6-7-17-4)14-11(3)8-10(2)9-12(14)15/h8-9,13,16H,5-7H2,1-4H3. The van der Waals surface area contributed by atoms with Gasteiger partial charge < -0.3 is 10.1 Å². The molecule has 2 nitrogen and oxygen atoms in total. The van der Waals surface area contributed by atoms with Gasteiger partial charge in [-0.25, -0.2) is 4.39 Å². The van der Waals surface area contributed by atoms with E-state index in [1.165, 1.54) is 0 Å². The summed E-state index contributed by atoms with van der Waals surface area (Å²) in [6, 6.07) is 3.65. The van der Waals surface area contributed by atoms with Crippen molar-refractivity contribution in [3.63, 3.8) is 0 Å². The zero-order valence-electron chi connectivity index (χ0n) is 11.1. The number of halogens is 1. The van der Waals surface area contributed by atoms with Gasteiger partial charge in [0.15, 0.2) is 0 Å². The van der Waals surface area contributed by atoms with E-state index in [1.807, 2.05) is 26.8 Å². The summed E-state index contributed by atoms with van der Waals surface area (Å²) in [7, 11) is 1.67. The SMILES string of the molecule is CCNC(CCOC)c1c(C)cc(C)cc1F. The van der Waals surface area contributed by atoms with Crippen LogP contribution < -0.4 is 5.32 Å². The van der Waals surface area contributed by atoms with Crippen LogP contribution in [0.3, 0.4) is 0 Å². The molecule has 0 aliphatic carbocycles. The van der Waals surface area contributed by atoms with Gasteiger partial charge in [0.25, 0.3) is 0 Å². The third-order valence-electron chi connectivity index (χ3n) is 2.89. The first-order chi connectivity index (χ1) is 8.10. The fourth-order valence-corrected chi connectivity index (χ4v) is 2.20. The number of aryl methyl sites for hydroxylation is 2. The van der Waals surface area contributed by atoms with Crippen molar-refractivity contribution < 1.29 is 9.13 Å². The Morgan fingerprint density at radius 1 is 1.35 bits per heavy atom. The highest BCUT2D eigenvalue weighted by Crippen LogP contribution is 2.25. The summed E-state index contributed by atoms with van der Waals surface area (Å²) in [6.45, 7) is 7.35. The molecule has 0 fully saturated rings. The molecule has 0 aliphatic rings. The molecule has 96 valence electrons. The number of hydrogen-bond acceptors (Lipinski definition) is 2. The topological polar surface area (TPSA) is 21.3 Å². The smallest absolute Gasteiger partial charge is 0.128 e. The minimum absolute atomic E-state index is 0.0283.